The minimum atomic E-state index is -0.449. The van der Waals surface area contributed by atoms with Gasteiger partial charge in [0.25, 0.3) is 0 Å². The number of rotatable bonds is 5. The van der Waals surface area contributed by atoms with Crippen LogP contribution in [-0.2, 0) is 9.53 Å². The van der Waals surface area contributed by atoms with E-state index in [1.165, 1.54) is 12.7 Å². The van der Waals surface area contributed by atoms with E-state index in [0.29, 0.717) is 6.54 Å². The van der Waals surface area contributed by atoms with Crippen LogP contribution in [-0.4, -0.2) is 19.6 Å². The van der Waals surface area contributed by atoms with Crippen molar-refractivity contribution in [3.8, 4) is 0 Å². The first kappa shape index (κ1) is 15.3. The number of hydrogen-bond donors (Lipinski definition) is 1. The van der Waals surface area contributed by atoms with Gasteiger partial charge >= 0.3 is 5.97 Å². The van der Waals surface area contributed by atoms with Crippen molar-refractivity contribution in [3.63, 3.8) is 0 Å². The number of hydrogen-bond acceptors (Lipinski definition) is 3. The van der Waals surface area contributed by atoms with Gasteiger partial charge in [0, 0.05) is 6.54 Å². The van der Waals surface area contributed by atoms with Gasteiger partial charge < -0.3 is 4.74 Å². The third kappa shape index (κ3) is 3.92. The lowest BCUT2D eigenvalue weighted by Gasteiger charge is -2.16. The number of allylic oxidation sites excluding steroid dienone is 1. The summed E-state index contributed by atoms with van der Waals surface area (Å²) in [6.45, 7) is 4.70. The highest BCUT2D eigenvalue weighted by Crippen LogP contribution is 2.21. The van der Waals surface area contributed by atoms with Gasteiger partial charge in [-0.1, -0.05) is 48.0 Å². The van der Waals surface area contributed by atoms with Gasteiger partial charge in [-0.3, -0.25) is 5.32 Å². The Morgan fingerprint density at radius 2 is 1.90 bits per heavy atom. The number of benzene rings is 2. The average Bonchev–Trinajstić information content (AvgIpc) is 2.50. The van der Waals surface area contributed by atoms with Gasteiger partial charge in [0.15, 0.2) is 0 Å². The maximum Gasteiger partial charge on any atom is 0.327 e. The molecule has 0 bridgehead atoms. The lowest BCUT2D eigenvalue weighted by atomic mass is 10.0. The largest absolute Gasteiger partial charge is 0.468 e. The summed E-state index contributed by atoms with van der Waals surface area (Å²) in [6.07, 6.45) is 2.05. The van der Waals surface area contributed by atoms with Crippen molar-refractivity contribution in [2.75, 3.05) is 13.7 Å². The minimum Gasteiger partial charge on any atom is -0.468 e. The number of carbonyl (C=O) groups excluding carboxylic acids is 1. The van der Waals surface area contributed by atoms with Gasteiger partial charge in [-0.25, -0.2) is 4.79 Å². The molecule has 1 N–H and O–H groups in total. The molecule has 0 heterocycles. The summed E-state index contributed by atoms with van der Waals surface area (Å²) < 4.78 is 4.91. The highest BCUT2D eigenvalue weighted by Gasteiger charge is 2.20. The number of carbonyl (C=O) groups is 1. The molecule has 0 unspecified atom stereocenters. The summed E-state index contributed by atoms with van der Waals surface area (Å²) in [5.74, 6) is -0.271. The second-order valence-electron chi connectivity index (χ2n) is 5.25. The van der Waals surface area contributed by atoms with Crippen molar-refractivity contribution in [3.05, 3.63) is 59.7 Å². The number of methoxy groups -OCH3 is 1. The molecule has 2 aromatic carbocycles. The van der Waals surface area contributed by atoms with Crippen molar-refractivity contribution in [1.82, 2.24) is 5.32 Å². The molecule has 110 valence electrons. The maximum absolute atomic E-state index is 12.0. The third-order valence-electron chi connectivity index (χ3n) is 3.38. The molecule has 0 spiro atoms. The van der Waals surface area contributed by atoms with Crippen molar-refractivity contribution in [2.45, 2.75) is 19.9 Å². The van der Waals surface area contributed by atoms with Gasteiger partial charge in [-0.2, -0.15) is 0 Å². The van der Waals surface area contributed by atoms with Crippen LogP contribution in [0.2, 0.25) is 0 Å². The highest BCUT2D eigenvalue weighted by atomic mass is 16.5. The van der Waals surface area contributed by atoms with Crippen LogP contribution in [0, 0.1) is 0 Å². The zero-order valence-corrected chi connectivity index (χ0v) is 12.7. The highest BCUT2D eigenvalue weighted by molar-refractivity contribution is 5.85. The molecule has 0 amide bonds. The van der Waals surface area contributed by atoms with E-state index in [2.05, 4.69) is 17.5 Å². The molecule has 21 heavy (non-hydrogen) atoms. The van der Waals surface area contributed by atoms with E-state index in [-0.39, 0.29) is 5.97 Å². The molecule has 2 rings (SSSR count). The number of ether oxygens (including phenoxy) is 1. The summed E-state index contributed by atoms with van der Waals surface area (Å²) in [5.41, 5.74) is 2.13. The first-order valence-corrected chi connectivity index (χ1v) is 7.05. The zero-order valence-electron chi connectivity index (χ0n) is 12.7. The van der Waals surface area contributed by atoms with Crippen LogP contribution in [0.5, 0.6) is 0 Å². The molecule has 3 heteroatoms. The van der Waals surface area contributed by atoms with Gasteiger partial charge in [0.2, 0.25) is 0 Å². The first-order valence-electron chi connectivity index (χ1n) is 7.05. The zero-order chi connectivity index (χ0) is 15.2. The summed E-state index contributed by atoms with van der Waals surface area (Å²) in [6, 6.07) is 13.7. The van der Waals surface area contributed by atoms with E-state index in [9.17, 15) is 4.79 Å². The van der Waals surface area contributed by atoms with E-state index >= 15 is 0 Å². The molecule has 0 saturated heterocycles. The summed E-state index contributed by atoms with van der Waals surface area (Å²) in [7, 11) is 1.42. The lowest BCUT2D eigenvalue weighted by Crippen LogP contribution is -2.29. The number of fused-ring (bicyclic) bond motifs is 1. The second kappa shape index (κ2) is 7.04. The molecule has 0 aliphatic carbocycles. The van der Waals surface area contributed by atoms with Crippen molar-refractivity contribution in [1.29, 1.82) is 0 Å². The summed E-state index contributed by atoms with van der Waals surface area (Å²) in [5, 5.41) is 5.51. The Bertz CT molecular complexity index is 657. The predicted molar refractivity (Wildman–Crippen MR) is 86.1 cm³/mol. The van der Waals surface area contributed by atoms with Crippen LogP contribution in [0.25, 0.3) is 10.8 Å². The molecular formula is C18H21NO2. The monoisotopic (exact) mass is 283 g/mol. The lowest BCUT2D eigenvalue weighted by molar-refractivity contribution is -0.143. The van der Waals surface area contributed by atoms with Crippen LogP contribution >= 0.6 is 0 Å². The van der Waals surface area contributed by atoms with Crippen LogP contribution in [0.3, 0.4) is 0 Å². The topological polar surface area (TPSA) is 38.3 Å². The van der Waals surface area contributed by atoms with Crippen LogP contribution < -0.4 is 5.32 Å². The fourth-order valence-corrected chi connectivity index (χ4v) is 2.22. The quantitative estimate of drug-likeness (QED) is 0.673. The molecule has 3 nitrogen and oxygen atoms in total. The van der Waals surface area contributed by atoms with E-state index in [1.54, 1.807) is 0 Å². The van der Waals surface area contributed by atoms with Gasteiger partial charge in [-0.15, -0.1) is 0 Å². The standard InChI is InChI=1S/C18H21NO2/c1-13(2)10-11-19-17(18(20)21-3)16-9-8-14-6-4-5-7-15(14)12-16/h4-10,12,17,19H,11H2,1-3H3/t17-/m1/s1. The van der Waals surface area contributed by atoms with E-state index < -0.39 is 6.04 Å². The minimum absolute atomic E-state index is 0.271. The average molecular weight is 283 g/mol. The fraction of sp³-hybridized carbons (Fsp3) is 0.278. The first-order chi connectivity index (χ1) is 10.1. The Morgan fingerprint density at radius 1 is 1.19 bits per heavy atom. The molecule has 0 aliphatic rings. The molecule has 2 aromatic rings. The van der Waals surface area contributed by atoms with Crippen LogP contribution in [0.1, 0.15) is 25.5 Å². The smallest absolute Gasteiger partial charge is 0.327 e. The summed E-state index contributed by atoms with van der Waals surface area (Å²) in [4.78, 5) is 12.0. The SMILES string of the molecule is COC(=O)[C@H](NCC=C(C)C)c1ccc2ccccc2c1. The van der Waals surface area contributed by atoms with Crippen molar-refractivity contribution >= 4 is 16.7 Å². The second-order valence-corrected chi connectivity index (χ2v) is 5.25. The molecular weight excluding hydrogens is 262 g/mol. The Balaban J connectivity index is 2.29. The van der Waals surface area contributed by atoms with Gasteiger partial charge in [0.1, 0.15) is 6.04 Å². The molecule has 1 atom stereocenters. The third-order valence-corrected chi connectivity index (χ3v) is 3.38. The van der Waals surface area contributed by atoms with E-state index in [4.69, 9.17) is 4.74 Å². The Hall–Kier alpha value is -2.13. The van der Waals surface area contributed by atoms with Gasteiger partial charge in [-0.05, 0) is 36.2 Å². The van der Waals surface area contributed by atoms with Crippen LogP contribution in [0.4, 0.5) is 0 Å². The Kier molecular flexibility index (Phi) is 5.12. The predicted octanol–water partition coefficient (Wildman–Crippen LogP) is 3.61. The number of nitrogens with one attached hydrogen (secondary N) is 1. The summed E-state index contributed by atoms with van der Waals surface area (Å²) >= 11 is 0. The number of esters is 1. The molecule has 0 fully saturated rings. The Morgan fingerprint density at radius 3 is 2.57 bits per heavy atom. The van der Waals surface area contributed by atoms with Gasteiger partial charge in [0.05, 0.1) is 7.11 Å². The van der Waals surface area contributed by atoms with Crippen molar-refractivity contribution < 1.29 is 9.53 Å². The molecule has 0 radical (unpaired) electrons. The normalized spacial score (nSPS) is 12.0. The molecule has 0 saturated carbocycles. The van der Waals surface area contributed by atoms with E-state index in [0.717, 1.165) is 16.3 Å². The molecule has 0 aromatic heterocycles. The maximum atomic E-state index is 12.0. The fourth-order valence-electron chi connectivity index (χ4n) is 2.22. The molecule has 0 aliphatic heterocycles. The van der Waals surface area contributed by atoms with E-state index in [1.807, 2.05) is 50.2 Å². The Labute approximate surface area is 125 Å². The van der Waals surface area contributed by atoms with Crippen LogP contribution in [0.15, 0.2) is 54.1 Å². The van der Waals surface area contributed by atoms with Crippen molar-refractivity contribution in [2.24, 2.45) is 0 Å².